The fraction of sp³-hybridized carbons (Fsp3) is 0.350. The molecular formula is C20H20F3N5O2S. The molecule has 0 radical (unpaired) electrons. The molecule has 11 heteroatoms. The number of alkyl halides is 3. The van der Waals surface area contributed by atoms with Crippen molar-refractivity contribution in [2.45, 2.75) is 32.7 Å². The van der Waals surface area contributed by atoms with E-state index >= 15 is 0 Å². The number of carbonyl (C=O) groups excluding carboxylic acids is 1. The number of rotatable bonds is 4. The summed E-state index contributed by atoms with van der Waals surface area (Å²) >= 11 is 1.21. The third kappa shape index (κ3) is 4.36. The average Bonchev–Trinajstić information content (AvgIpc) is 3.29. The lowest BCUT2D eigenvalue weighted by Crippen LogP contribution is -2.37. The smallest absolute Gasteiger partial charge is 0.406 e. The van der Waals surface area contributed by atoms with Crippen molar-refractivity contribution in [3.63, 3.8) is 0 Å². The van der Waals surface area contributed by atoms with Gasteiger partial charge in [-0.3, -0.25) is 4.79 Å². The number of ether oxygens (including phenoxy) is 1. The minimum atomic E-state index is -4.72. The van der Waals surface area contributed by atoms with Gasteiger partial charge in [0.2, 0.25) is 0 Å². The Bertz CT molecular complexity index is 1130. The van der Waals surface area contributed by atoms with Crippen molar-refractivity contribution in [2.75, 3.05) is 23.7 Å². The highest BCUT2D eigenvalue weighted by Crippen LogP contribution is 2.35. The summed E-state index contributed by atoms with van der Waals surface area (Å²) in [5, 5.41) is 12.0. The Morgan fingerprint density at radius 3 is 2.65 bits per heavy atom. The van der Waals surface area contributed by atoms with Crippen LogP contribution >= 0.6 is 11.3 Å². The Morgan fingerprint density at radius 1 is 1.26 bits per heavy atom. The van der Waals surface area contributed by atoms with Gasteiger partial charge in [-0.2, -0.15) is 5.10 Å². The maximum atomic E-state index is 12.8. The van der Waals surface area contributed by atoms with E-state index in [1.165, 1.54) is 23.5 Å². The van der Waals surface area contributed by atoms with Gasteiger partial charge in [0.25, 0.3) is 5.91 Å². The minimum absolute atomic E-state index is 0.114. The summed E-state index contributed by atoms with van der Waals surface area (Å²) in [6.07, 6.45) is -4.02. The van der Waals surface area contributed by atoms with Crippen LogP contribution < -0.4 is 20.7 Å². The molecule has 0 spiro atoms. The van der Waals surface area contributed by atoms with Gasteiger partial charge in [0, 0.05) is 30.2 Å². The number of nitrogens with zero attached hydrogens (tertiary/aromatic N) is 3. The number of hydrogen-bond donors (Lipinski definition) is 2. The Hall–Kier alpha value is -3.08. The molecule has 3 N–H and O–H groups in total. The second kappa shape index (κ2) is 7.88. The number of aryl methyl sites for hydroxylation is 2. The molecule has 164 valence electrons. The molecule has 1 aliphatic rings. The van der Waals surface area contributed by atoms with Crippen LogP contribution in [-0.4, -0.2) is 41.6 Å². The quantitative estimate of drug-likeness (QED) is 0.627. The molecule has 2 aromatic heterocycles. The number of carbonyl (C=O) groups is 1. The van der Waals surface area contributed by atoms with Crippen molar-refractivity contribution >= 4 is 38.8 Å². The summed E-state index contributed by atoms with van der Waals surface area (Å²) in [6.45, 7) is 4.94. The molecule has 4 rings (SSSR count). The molecule has 3 aromatic rings. The zero-order valence-electron chi connectivity index (χ0n) is 16.8. The molecule has 1 fully saturated rings. The van der Waals surface area contributed by atoms with Crippen molar-refractivity contribution in [1.82, 2.24) is 15.5 Å². The van der Waals surface area contributed by atoms with E-state index in [-0.39, 0.29) is 17.7 Å². The summed E-state index contributed by atoms with van der Waals surface area (Å²) in [7, 11) is 0. The van der Waals surface area contributed by atoms with E-state index in [2.05, 4.69) is 20.3 Å². The van der Waals surface area contributed by atoms with Crippen LogP contribution in [-0.2, 0) is 0 Å². The zero-order chi connectivity index (χ0) is 22.3. The fourth-order valence-corrected chi connectivity index (χ4v) is 4.64. The number of hydrogen-bond acceptors (Lipinski definition) is 7. The summed E-state index contributed by atoms with van der Waals surface area (Å²) < 4.78 is 40.8. The third-order valence-electron chi connectivity index (χ3n) is 5.30. The molecule has 1 atom stereocenters. The summed E-state index contributed by atoms with van der Waals surface area (Å²) in [5.41, 5.74) is 9.07. The van der Waals surface area contributed by atoms with Crippen LogP contribution in [0.1, 0.15) is 27.3 Å². The molecule has 1 aliphatic heterocycles. The van der Waals surface area contributed by atoms with E-state index in [4.69, 9.17) is 5.73 Å². The van der Waals surface area contributed by atoms with Crippen LogP contribution in [0.3, 0.4) is 0 Å². The Labute approximate surface area is 180 Å². The highest BCUT2D eigenvalue weighted by Gasteiger charge is 2.31. The number of nitrogens with two attached hydrogens (primary N) is 1. The van der Waals surface area contributed by atoms with Crippen LogP contribution in [0, 0.1) is 13.8 Å². The fourth-order valence-electron chi connectivity index (χ4n) is 3.63. The van der Waals surface area contributed by atoms with Crippen LogP contribution in [0.5, 0.6) is 5.75 Å². The predicted molar refractivity (Wildman–Crippen MR) is 113 cm³/mol. The summed E-state index contributed by atoms with van der Waals surface area (Å²) in [4.78, 5) is 15.9. The second-order valence-electron chi connectivity index (χ2n) is 7.38. The SMILES string of the molecule is Cc1nnc2sc(C(=O)NC3CCN(c4ccc(OC(F)(F)F)cc4)C3)c(N)c2c1C. The van der Waals surface area contributed by atoms with E-state index in [0.717, 1.165) is 22.3 Å². The lowest BCUT2D eigenvalue weighted by atomic mass is 10.1. The van der Waals surface area contributed by atoms with E-state index in [1.807, 2.05) is 18.7 Å². The Morgan fingerprint density at radius 2 is 1.97 bits per heavy atom. The van der Waals surface area contributed by atoms with Gasteiger partial charge < -0.3 is 20.7 Å². The largest absolute Gasteiger partial charge is 0.573 e. The van der Waals surface area contributed by atoms with Gasteiger partial charge in [-0.25, -0.2) is 0 Å². The number of thiophene rings is 1. The van der Waals surface area contributed by atoms with Crippen LogP contribution in [0.25, 0.3) is 10.2 Å². The molecule has 1 saturated heterocycles. The molecule has 7 nitrogen and oxygen atoms in total. The van der Waals surface area contributed by atoms with Gasteiger partial charge in [0.05, 0.1) is 11.4 Å². The molecule has 0 bridgehead atoms. The molecule has 0 saturated carbocycles. The molecule has 3 heterocycles. The van der Waals surface area contributed by atoms with E-state index < -0.39 is 6.36 Å². The molecule has 1 aromatic carbocycles. The molecule has 1 amide bonds. The number of benzene rings is 1. The number of aromatic nitrogens is 2. The predicted octanol–water partition coefficient (Wildman–Crippen LogP) is 3.80. The first-order valence-corrected chi connectivity index (χ1v) is 10.4. The van der Waals surface area contributed by atoms with Crippen molar-refractivity contribution in [2.24, 2.45) is 0 Å². The second-order valence-corrected chi connectivity index (χ2v) is 8.38. The van der Waals surface area contributed by atoms with E-state index in [1.54, 1.807) is 12.1 Å². The van der Waals surface area contributed by atoms with Gasteiger partial charge in [-0.05, 0) is 50.1 Å². The van der Waals surface area contributed by atoms with E-state index in [0.29, 0.717) is 34.9 Å². The number of halogens is 3. The van der Waals surface area contributed by atoms with Crippen molar-refractivity contribution in [1.29, 1.82) is 0 Å². The molecule has 0 aliphatic carbocycles. The first-order valence-electron chi connectivity index (χ1n) is 9.56. The van der Waals surface area contributed by atoms with E-state index in [9.17, 15) is 18.0 Å². The molecule has 31 heavy (non-hydrogen) atoms. The topological polar surface area (TPSA) is 93.4 Å². The first-order chi connectivity index (χ1) is 14.6. The third-order valence-corrected chi connectivity index (χ3v) is 6.39. The first kappa shape index (κ1) is 21.2. The zero-order valence-corrected chi connectivity index (χ0v) is 17.6. The van der Waals surface area contributed by atoms with Gasteiger partial charge in [0.15, 0.2) is 0 Å². The van der Waals surface area contributed by atoms with Crippen molar-refractivity contribution < 1.29 is 22.7 Å². The van der Waals surface area contributed by atoms with Crippen LogP contribution in [0.2, 0.25) is 0 Å². The van der Waals surface area contributed by atoms with Gasteiger partial charge in [0.1, 0.15) is 15.5 Å². The lowest BCUT2D eigenvalue weighted by molar-refractivity contribution is -0.274. The lowest BCUT2D eigenvalue weighted by Gasteiger charge is -2.19. The van der Waals surface area contributed by atoms with Gasteiger partial charge in [-0.1, -0.05) is 0 Å². The molecule has 1 unspecified atom stereocenters. The summed E-state index contributed by atoms with van der Waals surface area (Å²) in [6, 6.07) is 5.57. The maximum absolute atomic E-state index is 12.8. The minimum Gasteiger partial charge on any atom is -0.406 e. The monoisotopic (exact) mass is 451 g/mol. The standard InChI is InChI=1S/C20H20F3N5O2S/c1-10-11(2)26-27-19-15(10)16(24)17(31-19)18(29)25-12-7-8-28(9-12)13-3-5-14(6-4-13)30-20(21,22)23/h3-6,12H,7-9,24H2,1-2H3,(H,25,29). The normalized spacial score (nSPS) is 16.7. The maximum Gasteiger partial charge on any atom is 0.573 e. The Kier molecular flexibility index (Phi) is 5.38. The number of nitrogens with one attached hydrogen (secondary N) is 1. The van der Waals surface area contributed by atoms with Crippen molar-refractivity contribution in [3.05, 3.63) is 40.4 Å². The Balaban J connectivity index is 1.43. The van der Waals surface area contributed by atoms with Gasteiger partial charge in [-0.15, -0.1) is 29.6 Å². The van der Waals surface area contributed by atoms with Crippen LogP contribution in [0.4, 0.5) is 24.5 Å². The number of fused-ring (bicyclic) bond motifs is 1. The highest BCUT2D eigenvalue weighted by molar-refractivity contribution is 7.21. The van der Waals surface area contributed by atoms with Crippen LogP contribution in [0.15, 0.2) is 24.3 Å². The number of nitrogen functional groups attached to an aromatic ring is 1. The number of amides is 1. The molecular weight excluding hydrogens is 431 g/mol. The van der Waals surface area contributed by atoms with Gasteiger partial charge >= 0.3 is 6.36 Å². The summed E-state index contributed by atoms with van der Waals surface area (Å²) in [5.74, 6) is -0.535. The van der Waals surface area contributed by atoms with Crippen molar-refractivity contribution in [3.8, 4) is 5.75 Å². The highest BCUT2D eigenvalue weighted by atomic mass is 32.1. The number of anilines is 2. The average molecular weight is 451 g/mol.